The van der Waals surface area contributed by atoms with Crippen LogP contribution in [0.1, 0.15) is 10.4 Å². The molecule has 0 radical (unpaired) electrons. The van der Waals surface area contributed by atoms with E-state index >= 15 is 0 Å². The van der Waals surface area contributed by atoms with Gasteiger partial charge in [0.1, 0.15) is 11.0 Å². The Bertz CT molecular complexity index is 833. The molecule has 5 nitrogen and oxygen atoms in total. The number of hydrogen-bond acceptors (Lipinski definition) is 5. The van der Waals surface area contributed by atoms with E-state index < -0.39 is 5.97 Å². The number of rotatable bonds is 3. The third-order valence-electron chi connectivity index (χ3n) is 2.85. The highest BCUT2D eigenvalue weighted by molar-refractivity contribution is 7.00. The Morgan fingerprint density at radius 1 is 1.10 bits per heavy atom. The molecule has 0 atom stereocenters. The first-order valence-electron chi connectivity index (χ1n) is 5.77. The molecule has 106 valence electrons. The zero-order valence-electron chi connectivity index (χ0n) is 10.3. The van der Waals surface area contributed by atoms with Gasteiger partial charge in [0.2, 0.25) is 0 Å². The van der Waals surface area contributed by atoms with Crippen molar-refractivity contribution in [3.8, 4) is 0 Å². The zero-order chi connectivity index (χ0) is 15.0. The number of benzene rings is 2. The Balaban J connectivity index is 2.01. The van der Waals surface area contributed by atoms with Crippen LogP contribution in [0.25, 0.3) is 11.0 Å². The van der Waals surface area contributed by atoms with Crippen molar-refractivity contribution >= 4 is 63.3 Å². The highest BCUT2D eigenvalue weighted by Gasteiger charge is 2.14. The molecule has 3 rings (SSSR count). The lowest BCUT2D eigenvalue weighted by Gasteiger charge is -2.09. The van der Waals surface area contributed by atoms with Gasteiger partial charge in [0.25, 0.3) is 0 Å². The largest absolute Gasteiger partial charge is 0.478 e. The summed E-state index contributed by atoms with van der Waals surface area (Å²) >= 11 is 13.3. The number of carboxylic acids is 1. The molecule has 0 aliphatic rings. The third-order valence-corrected chi connectivity index (χ3v) is 3.96. The van der Waals surface area contributed by atoms with Crippen molar-refractivity contribution < 1.29 is 9.90 Å². The first-order valence-corrected chi connectivity index (χ1v) is 7.25. The second-order valence-electron chi connectivity index (χ2n) is 4.18. The van der Waals surface area contributed by atoms with Crippen LogP contribution in [0.5, 0.6) is 0 Å². The quantitative estimate of drug-likeness (QED) is 0.737. The highest BCUT2D eigenvalue weighted by Crippen LogP contribution is 2.36. The van der Waals surface area contributed by atoms with Crippen molar-refractivity contribution in [1.29, 1.82) is 0 Å². The highest BCUT2D eigenvalue weighted by atomic mass is 35.5. The third kappa shape index (κ3) is 2.65. The maximum Gasteiger partial charge on any atom is 0.335 e. The molecule has 0 saturated carbocycles. The fraction of sp³-hybridized carbons (Fsp3) is 0. The molecule has 0 aliphatic carbocycles. The van der Waals surface area contributed by atoms with Gasteiger partial charge in [-0.25, -0.2) is 4.79 Å². The Hall–Kier alpha value is -1.89. The molecule has 0 fully saturated rings. The maximum atomic E-state index is 10.8. The van der Waals surface area contributed by atoms with Gasteiger partial charge in [-0.3, -0.25) is 0 Å². The van der Waals surface area contributed by atoms with E-state index in [4.69, 9.17) is 28.3 Å². The topological polar surface area (TPSA) is 75.1 Å². The number of fused-ring (bicyclic) bond motifs is 1. The molecule has 3 aromatic rings. The summed E-state index contributed by atoms with van der Waals surface area (Å²) < 4.78 is 8.31. The summed E-state index contributed by atoms with van der Waals surface area (Å²) in [6.07, 6.45) is 0. The second-order valence-corrected chi connectivity index (χ2v) is 5.53. The van der Waals surface area contributed by atoms with Gasteiger partial charge >= 0.3 is 5.97 Å². The van der Waals surface area contributed by atoms with Crippen LogP contribution in [0.15, 0.2) is 30.3 Å². The minimum Gasteiger partial charge on any atom is -0.478 e. The van der Waals surface area contributed by atoms with E-state index in [0.717, 1.165) is 11.7 Å². The number of nitrogens with zero attached hydrogens (tertiary/aromatic N) is 2. The average Bonchev–Trinajstić information content (AvgIpc) is 2.93. The number of carboxylic acid groups (broad SMARTS) is 1. The normalized spacial score (nSPS) is 10.8. The van der Waals surface area contributed by atoms with Crippen LogP contribution in [0.2, 0.25) is 10.0 Å². The van der Waals surface area contributed by atoms with Crippen LogP contribution in [0.4, 0.5) is 11.4 Å². The van der Waals surface area contributed by atoms with Crippen molar-refractivity contribution in [2.45, 2.75) is 0 Å². The molecule has 2 N–H and O–H groups in total. The van der Waals surface area contributed by atoms with Crippen molar-refractivity contribution in [3.63, 3.8) is 0 Å². The minimum absolute atomic E-state index is 0.211. The molecule has 8 heteroatoms. The summed E-state index contributed by atoms with van der Waals surface area (Å²) in [5, 5.41) is 12.9. The monoisotopic (exact) mass is 339 g/mol. The molecule has 1 heterocycles. The Labute approximate surface area is 133 Å². The zero-order valence-corrected chi connectivity index (χ0v) is 12.6. The number of carbonyl (C=O) groups is 1. The van der Waals surface area contributed by atoms with Gasteiger partial charge < -0.3 is 10.4 Å². The molecule has 1 aromatic heterocycles. The molecular formula is C13H7Cl2N3O2S. The number of aromatic carboxylic acids is 1. The van der Waals surface area contributed by atoms with Gasteiger partial charge in [-0.1, -0.05) is 23.2 Å². The van der Waals surface area contributed by atoms with Crippen LogP contribution < -0.4 is 5.32 Å². The number of nitrogens with one attached hydrogen (secondary N) is 1. The molecule has 0 spiro atoms. The fourth-order valence-electron chi connectivity index (χ4n) is 1.83. The molecule has 21 heavy (non-hydrogen) atoms. The summed E-state index contributed by atoms with van der Waals surface area (Å²) in [7, 11) is 0. The molecule has 0 unspecified atom stereocenters. The first kappa shape index (κ1) is 14.1. The minimum atomic E-state index is -0.975. The molecule has 0 amide bonds. The van der Waals surface area contributed by atoms with Crippen molar-refractivity contribution in [3.05, 3.63) is 45.9 Å². The lowest BCUT2D eigenvalue weighted by Crippen LogP contribution is -1.97. The van der Waals surface area contributed by atoms with Crippen LogP contribution in [-0.4, -0.2) is 19.8 Å². The van der Waals surface area contributed by atoms with Crippen molar-refractivity contribution in [2.75, 3.05) is 5.32 Å². The van der Waals surface area contributed by atoms with E-state index in [1.54, 1.807) is 18.2 Å². The van der Waals surface area contributed by atoms with Gasteiger partial charge in [-0.15, -0.1) is 0 Å². The van der Waals surface area contributed by atoms with Crippen molar-refractivity contribution in [1.82, 2.24) is 8.75 Å². The van der Waals surface area contributed by atoms with E-state index in [1.165, 1.54) is 12.1 Å². The standard InChI is InChI=1S/C13H7Cl2N3O2S/c14-8-5-9(15)11-12(18-21-17-11)10(8)16-7-3-1-6(2-4-7)13(19)20/h1-5,16H,(H,19,20). The van der Waals surface area contributed by atoms with Gasteiger partial charge in [-0.2, -0.15) is 8.75 Å². The molecule has 2 aromatic carbocycles. The Morgan fingerprint density at radius 2 is 1.76 bits per heavy atom. The van der Waals surface area contributed by atoms with Crippen LogP contribution >= 0.6 is 34.9 Å². The summed E-state index contributed by atoms with van der Waals surface area (Å²) in [5.41, 5.74) is 2.66. The first-order chi connectivity index (χ1) is 10.1. The number of anilines is 2. The van der Waals surface area contributed by atoms with E-state index in [1.807, 2.05) is 0 Å². The Kier molecular flexibility index (Phi) is 3.67. The molecule has 0 aliphatic heterocycles. The summed E-state index contributed by atoms with van der Waals surface area (Å²) in [6, 6.07) is 7.91. The van der Waals surface area contributed by atoms with E-state index in [-0.39, 0.29) is 5.56 Å². The smallest absolute Gasteiger partial charge is 0.335 e. The van der Waals surface area contributed by atoms with Crippen molar-refractivity contribution in [2.24, 2.45) is 0 Å². The van der Waals surface area contributed by atoms with Gasteiger partial charge in [-0.05, 0) is 30.3 Å². The van der Waals surface area contributed by atoms with Crippen LogP contribution in [-0.2, 0) is 0 Å². The molecule has 0 saturated heterocycles. The van der Waals surface area contributed by atoms with Gasteiger partial charge in [0.15, 0.2) is 0 Å². The van der Waals surface area contributed by atoms with Crippen LogP contribution in [0, 0.1) is 0 Å². The maximum absolute atomic E-state index is 10.8. The van der Waals surface area contributed by atoms with Gasteiger partial charge in [0.05, 0.1) is 33.0 Å². The lowest BCUT2D eigenvalue weighted by molar-refractivity contribution is 0.0697. The number of halogens is 2. The average molecular weight is 340 g/mol. The molecular weight excluding hydrogens is 333 g/mol. The van der Waals surface area contributed by atoms with E-state index in [0.29, 0.717) is 32.5 Å². The van der Waals surface area contributed by atoms with E-state index in [9.17, 15) is 4.79 Å². The summed E-state index contributed by atoms with van der Waals surface area (Å²) in [4.78, 5) is 10.8. The van der Waals surface area contributed by atoms with Crippen LogP contribution in [0.3, 0.4) is 0 Å². The second kappa shape index (κ2) is 5.48. The summed E-state index contributed by atoms with van der Waals surface area (Å²) in [5.74, 6) is -0.975. The van der Waals surface area contributed by atoms with Gasteiger partial charge in [0, 0.05) is 5.69 Å². The predicted octanol–water partition coefficient (Wildman–Crippen LogP) is 4.44. The number of hydrogen-bond donors (Lipinski definition) is 2. The fourth-order valence-corrected chi connectivity index (χ4v) is 2.99. The molecule has 0 bridgehead atoms. The van der Waals surface area contributed by atoms with E-state index in [2.05, 4.69) is 14.1 Å². The SMILES string of the molecule is O=C(O)c1ccc(Nc2c(Cl)cc(Cl)c3nsnc23)cc1. The Morgan fingerprint density at radius 3 is 2.43 bits per heavy atom. The lowest BCUT2D eigenvalue weighted by atomic mass is 10.2. The number of aromatic nitrogens is 2. The summed E-state index contributed by atoms with van der Waals surface area (Å²) in [6.45, 7) is 0. The predicted molar refractivity (Wildman–Crippen MR) is 84.1 cm³/mol.